The van der Waals surface area contributed by atoms with Gasteiger partial charge in [0.05, 0.1) is 17.2 Å². The van der Waals surface area contributed by atoms with Crippen molar-refractivity contribution in [2.75, 3.05) is 0 Å². The summed E-state index contributed by atoms with van der Waals surface area (Å²) in [5.74, 6) is 0. The first-order chi connectivity index (χ1) is 32.7. The number of hydrogen-bond donors (Lipinski definition) is 0. The Morgan fingerprint density at radius 3 is 2.21 bits per heavy atom. The molecule has 3 aromatic heterocycles. The fourth-order valence-electron chi connectivity index (χ4n) is 7.19. The van der Waals surface area contributed by atoms with Crippen LogP contribution in [0.15, 0.2) is 156 Å². The van der Waals surface area contributed by atoms with Gasteiger partial charge < -0.3 is 14.4 Å². The molecule has 0 aliphatic carbocycles. The molecule has 0 unspecified atom stereocenters. The molecule has 281 valence electrons. The Bertz CT molecular complexity index is 3630. The molecule has 10 aromatic rings. The molecular weight excluding hydrogens is 887 g/mol. The maximum Gasteiger partial charge on any atom is 0.129 e. The van der Waals surface area contributed by atoms with E-state index < -0.39 is 27.4 Å². The van der Waals surface area contributed by atoms with E-state index in [0.29, 0.717) is 33.7 Å². The Morgan fingerprint density at radius 2 is 1.40 bits per heavy atom. The molecule has 3 heterocycles. The average molecular weight is 936 g/mol. The van der Waals surface area contributed by atoms with E-state index >= 15 is 0 Å². The smallest absolute Gasteiger partial charge is 0.129 e. The summed E-state index contributed by atoms with van der Waals surface area (Å²) in [6, 6.07) is 49.6. The van der Waals surface area contributed by atoms with Gasteiger partial charge in [0.2, 0.25) is 0 Å². The molecule has 0 N–H and O–H groups in total. The third-order valence-electron chi connectivity index (χ3n) is 9.98. The summed E-state index contributed by atoms with van der Waals surface area (Å²) in [6.07, 6.45) is 2.58. The van der Waals surface area contributed by atoms with Crippen LogP contribution in [0.2, 0.25) is 0 Å². The molecule has 0 atom stereocenters. The normalized spacial score (nSPS) is 14.9. The molecule has 0 aliphatic heterocycles. The van der Waals surface area contributed by atoms with Gasteiger partial charge in [-0.05, 0) is 93.6 Å². The van der Waals surface area contributed by atoms with Gasteiger partial charge in [0.15, 0.2) is 0 Å². The van der Waals surface area contributed by atoms with Gasteiger partial charge in [0.1, 0.15) is 5.58 Å². The minimum atomic E-state index is -2.59. The van der Waals surface area contributed by atoms with Gasteiger partial charge in [-0.25, -0.2) is 0 Å². The molecule has 58 heavy (non-hydrogen) atoms. The Kier molecular flexibility index (Phi) is 7.26. The fourth-order valence-corrected chi connectivity index (χ4v) is 7.19. The molecule has 0 saturated carbocycles. The SMILES string of the molecule is [2H]C([2H])([2H])c1ccc(-c2[c-]cc(C([2H])([2H])[2H])c(-c3ccccc3)c2)nc1.[2H]C([2H])([2H])c1cnc(-c2[c-]ccc3c2oc2c3ccc3ccc4ccccc4c32)cc1-c1ccc(C#N)cc1C([2H])([2H])[2H].[Ir]. The number of benzene rings is 7. The predicted molar refractivity (Wildman–Crippen MR) is 234 cm³/mol. The monoisotopic (exact) mass is 936 g/mol. The Morgan fingerprint density at radius 1 is 0.603 bits per heavy atom. The van der Waals surface area contributed by atoms with E-state index in [1.165, 1.54) is 42.7 Å². The van der Waals surface area contributed by atoms with Gasteiger partial charge in [-0.15, -0.1) is 47.5 Å². The Hall–Kier alpha value is -6.70. The summed E-state index contributed by atoms with van der Waals surface area (Å²) in [5, 5.41) is 15.4. The number of nitrogens with zero attached hydrogens (tertiary/aromatic N) is 3. The number of hydrogen-bond acceptors (Lipinski definition) is 4. The molecule has 0 saturated heterocycles. The first kappa shape index (κ1) is 26.3. The number of pyridine rings is 2. The maximum atomic E-state index is 9.40. The molecular formula is C53H37IrN3O-2. The van der Waals surface area contributed by atoms with Crippen molar-refractivity contribution in [3.63, 3.8) is 0 Å². The van der Waals surface area contributed by atoms with Crippen LogP contribution in [0.5, 0.6) is 0 Å². The second-order valence-corrected chi connectivity index (χ2v) is 13.5. The van der Waals surface area contributed by atoms with Crippen molar-refractivity contribution in [1.82, 2.24) is 9.97 Å². The van der Waals surface area contributed by atoms with Crippen molar-refractivity contribution in [3.8, 4) is 50.8 Å². The summed E-state index contributed by atoms with van der Waals surface area (Å²) in [7, 11) is 0. The summed E-state index contributed by atoms with van der Waals surface area (Å²) in [4.78, 5) is 8.73. The second-order valence-electron chi connectivity index (χ2n) is 13.5. The van der Waals surface area contributed by atoms with E-state index in [0.717, 1.165) is 43.5 Å². The van der Waals surface area contributed by atoms with Gasteiger partial charge in [-0.3, -0.25) is 0 Å². The topological polar surface area (TPSA) is 62.7 Å². The number of fused-ring (bicyclic) bond motifs is 7. The first-order valence-electron chi connectivity index (χ1n) is 24.0. The Labute approximate surface area is 368 Å². The number of nitriles is 1. The molecule has 0 amide bonds. The van der Waals surface area contributed by atoms with E-state index in [1.807, 2.05) is 60.7 Å². The van der Waals surface area contributed by atoms with Gasteiger partial charge in [0.25, 0.3) is 0 Å². The van der Waals surface area contributed by atoms with Crippen LogP contribution >= 0.6 is 0 Å². The van der Waals surface area contributed by atoms with Crippen molar-refractivity contribution in [1.29, 1.82) is 5.26 Å². The molecule has 10 rings (SSSR count). The van der Waals surface area contributed by atoms with Crippen molar-refractivity contribution in [3.05, 3.63) is 192 Å². The van der Waals surface area contributed by atoms with Crippen molar-refractivity contribution >= 4 is 43.5 Å². The minimum absolute atomic E-state index is 0. The molecule has 0 spiro atoms. The van der Waals surface area contributed by atoms with Crippen LogP contribution in [-0.4, -0.2) is 9.97 Å². The fraction of sp³-hybridized carbons (Fsp3) is 0.0755. The van der Waals surface area contributed by atoms with Crippen LogP contribution in [0.4, 0.5) is 0 Å². The molecule has 0 fully saturated rings. The number of aromatic nitrogens is 2. The zero-order valence-corrected chi connectivity index (χ0v) is 32.9. The molecule has 5 heteroatoms. The molecule has 1 radical (unpaired) electrons. The van der Waals surface area contributed by atoms with Crippen molar-refractivity contribution < 1.29 is 41.0 Å². The standard InChI is InChI=1S/C34H21N2O.C19H16N.Ir/c1-20-16-22(18-35)10-14-25(20)30-17-31(36-19-21(30)2)29-9-5-8-27-28-15-13-24-12-11-23-6-3-4-7-26(23)32(24)34(28)37-33(27)29;1-14-8-11-19(20-13-14)17-10-9-15(2)18(12-17)16-6-4-3-5-7-16;/h3-8,10-17,19H,1-2H3;3-9,11-13H,1-2H3;/q2*-1;/i2*1D3,2D3;. The van der Waals surface area contributed by atoms with Gasteiger partial charge in [0, 0.05) is 59.7 Å². The largest absolute Gasteiger partial charge is 0.500 e. The quantitative estimate of drug-likeness (QED) is 0.130. The molecule has 0 aliphatic rings. The molecule has 7 aromatic carbocycles. The van der Waals surface area contributed by atoms with Crippen LogP contribution in [-0.2, 0) is 20.1 Å². The van der Waals surface area contributed by atoms with E-state index in [2.05, 4.69) is 52.4 Å². The van der Waals surface area contributed by atoms with Crippen molar-refractivity contribution in [2.24, 2.45) is 0 Å². The third kappa shape index (κ3) is 7.10. The molecule has 4 nitrogen and oxygen atoms in total. The van der Waals surface area contributed by atoms with Crippen LogP contribution in [0.3, 0.4) is 0 Å². The van der Waals surface area contributed by atoms with E-state index in [-0.39, 0.29) is 59.0 Å². The van der Waals surface area contributed by atoms with Gasteiger partial charge in [-0.1, -0.05) is 126 Å². The van der Waals surface area contributed by atoms with E-state index in [4.69, 9.17) is 20.9 Å². The van der Waals surface area contributed by atoms with Crippen molar-refractivity contribution in [2.45, 2.75) is 27.4 Å². The second kappa shape index (κ2) is 16.0. The zero-order chi connectivity index (χ0) is 49.0. The maximum absolute atomic E-state index is 9.40. The summed E-state index contributed by atoms with van der Waals surface area (Å²) < 4.78 is 101. The van der Waals surface area contributed by atoms with Crippen LogP contribution in [0, 0.1) is 50.9 Å². The first-order valence-corrected chi connectivity index (χ1v) is 18.0. The van der Waals surface area contributed by atoms with Gasteiger partial charge in [-0.2, -0.15) is 5.26 Å². The van der Waals surface area contributed by atoms with E-state index in [1.54, 1.807) is 24.3 Å². The molecule has 0 bridgehead atoms. The Balaban J connectivity index is 0.000000210. The van der Waals surface area contributed by atoms with Crippen LogP contribution in [0.25, 0.3) is 88.3 Å². The third-order valence-corrected chi connectivity index (χ3v) is 9.98. The summed E-state index contributed by atoms with van der Waals surface area (Å²) in [5.41, 5.74) is 5.38. The predicted octanol–water partition coefficient (Wildman–Crippen LogP) is 13.7. The number of aryl methyl sites for hydroxylation is 4. The number of rotatable bonds is 4. The van der Waals surface area contributed by atoms with E-state index in [9.17, 15) is 5.26 Å². The average Bonchev–Trinajstić information content (AvgIpc) is 3.72. The number of furan rings is 1. The van der Waals surface area contributed by atoms with Crippen LogP contribution in [0.1, 0.15) is 44.3 Å². The van der Waals surface area contributed by atoms with Gasteiger partial charge >= 0.3 is 0 Å². The summed E-state index contributed by atoms with van der Waals surface area (Å²) >= 11 is 0. The summed E-state index contributed by atoms with van der Waals surface area (Å²) in [6.45, 7) is -9.64. The minimum Gasteiger partial charge on any atom is -0.500 e. The van der Waals surface area contributed by atoms with Crippen LogP contribution < -0.4 is 0 Å². The zero-order valence-electron chi connectivity index (χ0n) is 42.5.